The summed E-state index contributed by atoms with van der Waals surface area (Å²) in [6.45, 7) is 4.73. The summed E-state index contributed by atoms with van der Waals surface area (Å²) in [4.78, 5) is 7.90. The molecule has 5 heteroatoms. The van der Waals surface area contributed by atoms with E-state index in [1.54, 1.807) is 0 Å². The van der Waals surface area contributed by atoms with E-state index in [9.17, 15) is 0 Å². The number of rotatable bonds is 5. The van der Waals surface area contributed by atoms with Gasteiger partial charge in [-0.1, -0.05) is 12.1 Å². The van der Waals surface area contributed by atoms with Gasteiger partial charge in [-0.05, 0) is 61.7 Å². The second-order valence-corrected chi connectivity index (χ2v) is 6.48. The van der Waals surface area contributed by atoms with Crippen molar-refractivity contribution < 1.29 is 4.74 Å². The SMILES string of the molecule is CCN=C(Nc1ccc(O[C@H]2CCNC2)cc1)c1ccc2cc[nH]c2c1. The van der Waals surface area contributed by atoms with Crippen LogP contribution in [0, 0.1) is 0 Å². The number of benzene rings is 2. The van der Waals surface area contributed by atoms with Crippen LogP contribution in [-0.2, 0) is 0 Å². The predicted octanol–water partition coefficient (Wildman–Crippen LogP) is 3.79. The largest absolute Gasteiger partial charge is 0.489 e. The van der Waals surface area contributed by atoms with Gasteiger partial charge >= 0.3 is 0 Å². The van der Waals surface area contributed by atoms with E-state index < -0.39 is 0 Å². The number of nitrogens with one attached hydrogen (secondary N) is 3. The number of anilines is 1. The third-order valence-corrected chi connectivity index (χ3v) is 4.58. The zero-order valence-electron chi connectivity index (χ0n) is 15.0. The van der Waals surface area contributed by atoms with Gasteiger partial charge in [0, 0.05) is 36.1 Å². The molecule has 1 atom stereocenters. The molecule has 1 aliphatic heterocycles. The molecule has 26 heavy (non-hydrogen) atoms. The Hall–Kier alpha value is -2.79. The number of ether oxygens (including phenoxy) is 1. The monoisotopic (exact) mass is 348 g/mol. The van der Waals surface area contributed by atoms with Crippen molar-refractivity contribution in [3.63, 3.8) is 0 Å². The summed E-state index contributed by atoms with van der Waals surface area (Å²) >= 11 is 0. The molecule has 1 saturated heterocycles. The van der Waals surface area contributed by atoms with Crippen LogP contribution in [-0.4, -0.2) is 36.6 Å². The topological polar surface area (TPSA) is 61.4 Å². The fourth-order valence-electron chi connectivity index (χ4n) is 3.23. The first kappa shape index (κ1) is 16.7. The highest BCUT2D eigenvalue weighted by Gasteiger charge is 2.15. The van der Waals surface area contributed by atoms with Crippen molar-refractivity contribution in [1.29, 1.82) is 0 Å². The summed E-state index contributed by atoms with van der Waals surface area (Å²) in [5.41, 5.74) is 3.18. The van der Waals surface area contributed by atoms with E-state index in [2.05, 4.69) is 44.9 Å². The second kappa shape index (κ2) is 7.62. The lowest BCUT2D eigenvalue weighted by Gasteiger charge is -2.14. The number of nitrogens with zero attached hydrogens (tertiary/aromatic N) is 1. The Balaban J connectivity index is 1.50. The molecule has 134 valence electrons. The molecule has 1 aromatic heterocycles. The number of H-pyrrole nitrogens is 1. The molecule has 1 fully saturated rings. The Kier molecular flexibility index (Phi) is 4.88. The highest BCUT2D eigenvalue weighted by molar-refractivity contribution is 6.09. The van der Waals surface area contributed by atoms with E-state index in [1.165, 1.54) is 5.39 Å². The molecule has 3 aromatic rings. The van der Waals surface area contributed by atoms with Crippen LogP contribution in [0.5, 0.6) is 5.75 Å². The van der Waals surface area contributed by atoms with E-state index in [1.807, 2.05) is 37.4 Å². The minimum atomic E-state index is 0.276. The van der Waals surface area contributed by atoms with Gasteiger partial charge in [-0.3, -0.25) is 4.99 Å². The van der Waals surface area contributed by atoms with Crippen molar-refractivity contribution in [3.05, 3.63) is 60.3 Å². The number of fused-ring (bicyclic) bond motifs is 1. The smallest absolute Gasteiger partial charge is 0.132 e. The normalized spacial score (nSPS) is 17.6. The van der Waals surface area contributed by atoms with Gasteiger partial charge in [0.05, 0.1) is 0 Å². The third kappa shape index (κ3) is 3.73. The molecule has 2 heterocycles. The Morgan fingerprint density at radius 1 is 1.19 bits per heavy atom. The van der Waals surface area contributed by atoms with E-state index in [0.717, 1.165) is 54.4 Å². The minimum Gasteiger partial charge on any atom is -0.489 e. The van der Waals surface area contributed by atoms with Crippen LogP contribution in [0.4, 0.5) is 5.69 Å². The highest BCUT2D eigenvalue weighted by atomic mass is 16.5. The Labute approximate surface area is 153 Å². The molecule has 2 aromatic carbocycles. The molecule has 5 nitrogen and oxygen atoms in total. The number of aromatic nitrogens is 1. The lowest BCUT2D eigenvalue weighted by molar-refractivity contribution is 0.223. The minimum absolute atomic E-state index is 0.276. The van der Waals surface area contributed by atoms with Gasteiger partial charge < -0.3 is 20.4 Å². The molecule has 0 spiro atoms. The molecule has 0 saturated carbocycles. The number of hydrogen-bond donors (Lipinski definition) is 3. The van der Waals surface area contributed by atoms with Crippen LogP contribution in [0.3, 0.4) is 0 Å². The first-order valence-electron chi connectivity index (χ1n) is 9.18. The maximum Gasteiger partial charge on any atom is 0.132 e. The van der Waals surface area contributed by atoms with Gasteiger partial charge in [0.25, 0.3) is 0 Å². The lowest BCUT2D eigenvalue weighted by Crippen LogP contribution is -2.19. The van der Waals surface area contributed by atoms with Crippen molar-refractivity contribution >= 4 is 22.4 Å². The fourth-order valence-corrected chi connectivity index (χ4v) is 3.23. The maximum absolute atomic E-state index is 5.98. The summed E-state index contributed by atoms with van der Waals surface area (Å²) in [5, 5.41) is 7.96. The van der Waals surface area contributed by atoms with E-state index in [4.69, 9.17) is 4.74 Å². The van der Waals surface area contributed by atoms with Gasteiger partial charge in [-0.15, -0.1) is 0 Å². The molecule has 1 aliphatic rings. The van der Waals surface area contributed by atoms with Gasteiger partial charge in [-0.2, -0.15) is 0 Å². The van der Waals surface area contributed by atoms with Crippen molar-refractivity contribution in [3.8, 4) is 5.75 Å². The second-order valence-electron chi connectivity index (χ2n) is 6.48. The van der Waals surface area contributed by atoms with Crippen LogP contribution in [0.1, 0.15) is 18.9 Å². The zero-order chi connectivity index (χ0) is 17.8. The fraction of sp³-hybridized carbons (Fsp3) is 0.286. The van der Waals surface area contributed by atoms with Gasteiger partial charge in [0.2, 0.25) is 0 Å². The first-order valence-corrected chi connectivity index (χ1v) is 9.18. The van der Waals surface area contributed by atoms with Gasteiger partial charge in [0.1, 0.15) is 17.7 Å². The summed E-state index contributed by atoms with van der Waals surface area (Å²) in [6, 6.07) is 16.5. The van der Waals surface area contributed by atoms with Crippen LogP contribution in [0.25, 0.3) is 10.9 Å². The third-order valence-electron chi connectivity index (χ3n) is 4.58. The van der Waals surface area contributed by atoms with Gasteiger partial charge in [0.15, 0.2) is 0 Å². The van der Waals surface area contributed by atoms with E-state index in [0.29, 0.717) is 0 Å². The first-order chi connectivity index (χ1) is 12.8. The molecular weight excluding hydrogens is 324 g/mol. The highest BCUT2D eigenvalue weighted by Crippen LogP contribution is 2.20. The van der Waals surface area contributed by atoms with Crippen molar-refractivity contribution in [2.75, 3.05) is 25.0 Å². The number of hydrogen-bond acceptors (Lipinski definition) is 3. The molecule has 0 unspecified atom stereocenters. The Morgan fingerprint density at radius 2 is 2.08 bits per heavy atom. The van der Waals surface area contributed by atoms with Crippen LogP contribution in [0.2, 0.25) is 0 Å². The average Bonchev–Trinajstić information content (AvgIpc) is 3.34. The molecule has 0 amide bonds. The number of aromatic amines is 1. The van der Waals surface area contributed by atoms with Crippen LogP contribution >= 0.6 is 0 Å². The maximum atomic E-state index is 5.98. The molecule has 0 bridgehead atoms. The van der Waals surface area contributed by atoms with Crippen molar-refractivity contribution in [1.82, 2.24) is 10.3 Å². The van der Waals surface area contributed by atoms with Crippen LogP contribution < -0.4 is 15.4 Å². The lowest BCUT2D eigenvalue weighted by atomic mass is 10.1. The Bertz CT molecular complexity index is 892. The van der Waals surface area contributed by atoms with Gasteiger partial charge in [-0.25, -0.2) is 0 Å². The number of amidine groups is 1. The number of aliphatic imine (C=N–C) groups is 1. The van der Waals surface area contributed by atoms with Crippen molar-refractivity contribution in [2.24, 2.45) is 4.99 Å². The van der Waals surface area contributed by atoms with E-state index >= 15 is 0 Å². The summed E-state index contributed by atoms with van der Waals surface area (Å²) in [5.74, 6) is 1.78. The summed E-state index contributed by atoms with van der Waals surface area (Å²) in [6.07, 6.45) is 3.30. The zero-order valence-corrected chi connectivity index (χ0v) is 15.0. The molecular formula is C21H24N4O. The Morgan fingerprint density at radius 3 is 2.85 bits per heavy atom. The average molecular weight is 348 g/mol. The summed E-state index contributed by atoms with van der Waals surface area (Å²) in [7, 11) is 0. The van der Waals surface area contributed by atoms with E-state index in [-0.39, 0.29) is 6.10 Å². The molecule has 3 N–H and O–H groups in total. The molecule has 0 radical (unpaired) electrons. The molecule has 4 rings (SSSR count). The van der Waals surface area contributed by atoms with Crippen LogP contribution in [0.15, 0.2) is 59.7 Å². The summed E-state index contributed by atoms with van der Waals surface area (Å²) < 4.78 is 5.98. The quantitative estimate of drug-likeness (QED) is 0.486. The standard InChI is InChI=1S/C21H24N4O/c1-2-23-21(16-4-3-15-9-12-24-20(15)13-16)25-17-5-7-18(8-6-17)26-19-10-11-22-14-19/h3-9,12-13,19,22,24H,2,10-11,14H2,1H3,(H,23,25)/t19-/m0/s1. The molecule has 0 aliphatic carbocycles. The van der Waals surface area contributed by atoms with Crippen molar-refractivity contribution in [2.45, 2.75) is 19.4 Å². The predicted molar refractivity (Wildman–Crippen MR) is 107 cm³/mol.